The van der Waals surface area contributed by atoms with Crippen molar-refractivity contribution in [2.75, 3.05) is 6.79 Å². The molecule has 0 fully saturated rings. The summed E-state index contributed by atoms with van der Waals surface area (Å²) in [5, 5.41) is 2.87. The summed E-state index contributed by atoms with van der Waals surface area (Å²) in [6, 6.07) is 0. The van der Waals surface area contributed by atoms with E-state index in [4.69, 9.17) is 0 Å². The number of thiol groups is 1. The smallest absolute Gasteiger partial charge is 0.260 e. The van der Waals surface area contributed by atoms with Gasteiger partial charge in [0.1, 0.15) is 0 Å². The Kier molecular flexibility index (Phi) is 4.19. The lowest BCUT2D eigenvalue weighted by Gasteiger charge is -1.89. The molecule has 0 unspecified atom stereocenters. The van der Waals surface area contributed by atoms with Gasteiger partial charge in [0.15, 0.2) is 0 Å². The van der Waals surface area contributed by atoms with Crippen LogP contribution in [0.15, 0.2) is 5.16 Å². The molecular weight excluding hydrogens is 134 g/mol. The van der Waals surface area contributed by atoms with E-state index in [1.807, 2.05) is 0 Å². The molecule has 0 aliphatic carbocycles. The Morgan fingerprint density at radius 3 is 2.62 bits per heavy atom. The van der Waals surface area contributed by atoms with Crippen molar-refractivity contribution in [3.05, 3.63) is 0 Å². The van der Waals surface area contributed by atoms with Gasteiger partial charge in [-0.15, -0.1) is 5.16 Å². The minimum atomic E-state index is -2.82. The van der Waals surface area contributed by atoms with Crippen molar-refractivity contribution in [3.63, 3.8) is 0 Å². The van der Waals surface area contributed by atoms with Crippen LogP contribution >= 0.6 is 0 Å². The summed E-state index contributed by atoms with van der Waals surface area (Å²) in [4.78, 5) is 4.05. The van der Waals surface area contributed by atoms with Gasteiger partial charge in [-0.05, 0) is 0 Å². The maximum absolute atomic E-state index is 9.55. The number of oxime groups is 1. The molecule has 0 aliphatic rings. The minimum Gasteiger partial charge on any atom is -0.366 e. The molecule has 0 rings (SSSR count). The Morgan fingerprint density at radius 1 is 1.62 bits per heavy atom. The SMILES string of the molecule is C=NOCO[SH](=O)=O. The van der Waals surface area contributed by atoms with Gasteiger partial charge in [0.05, 0.1) is 0 Å². The molecule has 5 nitrogen and oxygen atoms in total. The summed E-state index contributed by atoms with van der Waals surface area (Å²) < 4.78 is 23.0. The fraction of sp³-hybridized carbons (Fsp3) is 0.500. The number of rotatable bonds is 4. The molecule has 0 heterocycles. The Balaban J connectivity index is 3.05. The highest BCUT2D eigenvalue weighted by molar-refractivity contribution is 7.67. The van der Waals surface area contributed by atoms with Crippen LogP contribution in [-0.4, -0.2) is 21.9 Å². The highest BCUT2D eigenvalue weighted by Gasteiger charge is 1.81. The number of nitrogens with zero attached hydrogens (tertiary/aromatic N) is 1. The predicted octanol–water partition coefficient (Wildman–Crippen LogP) is -0.881. The van der Waals surface area contributed by atoms with Gasteiger partial charge < -0.3 is 4.84 Å². The lowest BCUT2D eigenvalue weighted by Crippen LogP contribution is -1.91. The standard InChI is InChI=1S/C2H5NO4S/c1-3-6-2-7-8(4)5/h8H,1-2H2. The highest BCUT2D eigenvalue weighted by atomic mass is 32.2. The van der Waals surface area contributed by atoms with Crippen LogP contribution in [0, 0.1) is 0 Å². The molecule has 8 heavy (non-hydrogen) atoms. The largest absolute Gasteiger partial charge is 0.366 e. The molecule has 0 spiro atoms. The molecule has 48 valence electrons. The number of hydrogen-bond donors (Lipinski definition) is 1. The fourth-order valence-corrected chi connectivity index (χ4v) is 0.237. The molecule has 0 saturated carbocycles. The molecule has 0 saturated heterocycles. The third kappa shape index (κ3) is 5.38. The summed E-state index contributed by atoms with van der Waals surface area (Å²) in [5.41, 5.74) is 0. The number of hydrogen-bond acceptors (Lipinski definition) is 5. The van der Waals surface area contributed by atoms with E-state index in [0.29, 0.717) is 0 Å². The van der Waals surface area contributed by atoms with E-state index in [1.54, 1.807) is 0 Å². The van der Waals surface area contributed by atoms with Gasteiger partial charge >= 0.3 is 0 Å². The first-order valence-corrected chi connectivity index (χ1v) is 2.72. The van der Waals surface area contributed by atoms with Crippen LogP contribution in [0.1, 0.15) is 0 Å². The average molecular weight is 139 g/mol. The summed E-state index contributed by atoms with van der Waals surface area (Å²) in [7, 11) is -2.82. The Labute approximate surface area is 48.0 Å². The van der Waals surface area contributed by atoms with Crippen molar-refractivity contribution < 1.29 is 17.4 Å². The lowest BCUT2D eigenvalue weighted by molar-refractivity contribution is 0.0278. The van der Waals surface area contributed by atoms with Crippen LogP contribution in [0.2, 0.25) is 0 Å². The zero-order chi connectivity index (χ0) is 6.41. The van der Waals surface area contributed by atoms with Crippen molar-refractivity contribution in [2.24, 2.45) is 5.16 Å². The Bertz CT molecular complexity index is 122. The monoisotopic (exact) mass is 139 g/mol. The summed E-state index contributed by atoms with van der Waals surface area (Å²) in [6.07, 6.45) is 0. The molecule has 0 aromatic rings. The first-order valence-electron chi connectivity index (χ1n) is 1.62. The zero-order valence-corrected chi connectivity index (χ0v) is 4.84. The van der Waals surface area contributed by atoms with E-state index in [0.717, 1.165) is 0 Å². The van der Waals surface area contributed by atoms with Crippen LogP contribution in [0.3, 0.4) is 0 Å². The van der Waals surface area contributed by atoms with E-state index in [1.165, 1.54) is 0 Å². The molecule has 6 heteroatoms. The van der Waals surface area contributed by atoms with Crippen LogP contribution in [0.5, 0.6) is 0 Å². The second-order valence-electron chi connectivity index (χ2n) is 0.729. The average Bonchev–Trinajstić information content (AvgIpc) is 1.66. The van der Waals surface area contributed by atoms with E-state index in [2.05, 4.69) is 20.9 Å². The molecule has 0 N–H and O–H groups in total. The third-order valence-electron chi connectivity index (χ3n) is 0.302. The maximum atomic E-state index is 9.55. The highest BCUT2D eigenvalue weighted by Crippen LogP contribution is 1.74. The molecule has 0 aromatic heterocycles. The Morgan fingerprint density at radius 2 is 2.25 bits per heavy atom. The third-order valence-corrected chi connectivity index (χ3v) is 0.618. The van der Waals surface area contributed by atoms with Gasteiger partial charge in [0.25, 0.3) is 11.0 Å². The van der Waals surface area contributed by atoms with Gasteiger partial charge in [-0.1, -0.05) is 0 Å². The molecule has 0 radical (unpaired) electrons. The van der Waals surface area contributed by atoms with Crippen LogP contribution in [0.25, 0.3) is 0 Å². The summed E-state index contributed by atoms with van der Waals surface area (Å²) in [5.74, 6) is 0. The van der Waals surface area contributed by atoms with Crippen molar-refractivity contribution in [1.82, 2.24) is 0 Å². The normalized spacial score (nSPS) is 9.12. The summed E-state index contributed by atoms with van der Waals surface area (Å²) >= 11 is 0. The van der Waals surface area contributed by atoms with E-state index in [-0.39, 0.29) is 0 Å². The van der Waals surface area contributed by atoms with Gasteiger partial charge in [-0.25, -0.2) is 12.6 Å². The molecular formula is C2H5NO4S. The topological polar surface area (TPSA) is 65.0 Å². The zero-order valence-electron chi connectivity index (χ0n) is 3.94. The van der Waals surface area contributed by atoms with Crippen LogP contribution in [0.4, 0.5) is 0 Å². The van der Waals surface area contributed by atoms with Gasteiger partial charge in [-0.3, -0.25) is 0 Å². The van der Waals surface area contributed by atoms with Crippen LogP contribution in [-0.2, 0) is 20.0 Å². The minimum absolute atomic E-state index is 0.401. The Hall–Kier alpha value is -0.620. The molecule has 0 atom stereocenters. The lowest BCUT2D eigenvalue weighted by atomic mass is 11.5. The predicted molar refractivity (Wildman–Crippen MR) is 26.9 cm³/mol. The first-order chi connectivity index (χ1) is 3.77. The molecule has 0 aliphatic heterocycles. The first kappa shape index (κ1) is 7.38. The van der Waals surface area contributed by atoms with Crippen molar-refractivity contribution in [1.29, 1.82) is 0 Å². The second kappa shape index (κ2) is 4.54. The quantitative estimate of drug-likeness (QED) is 0.180. The van der Waals surface area contributed by atoms with E-state index >= 15 is 0 Å². The van der Waals surface area contributed by atoms with Crippen molar-refractivity contribution in [2.45, 2.75) is 0 Å². The van der Waals surface area contributed by atoms with Crippen molar-refractivity contribution >= 4 is 17.7 Å². The second-order valence-corrected chi connectivity index (χ2v) is 1.43. The molecule has 0 amide bonds. The van der Waals surface area contributed by atoms with E-state index < -0.39 is 17.8 Å². The van der Waals surface area contributed by atoms with Gasteiger partial charge in [0.2, 0.25) is 6.79 Å². The fourth-order valence-electron chi connectivity index (χ4n) is 0.104. The van der Waals surface area contributed by atoms with Crippen molar-refractivity contribution in [3.8, 4) is 0 Å². The maximum Gasteiger partial charge on any atom is 0.260 e. The van der Waals surface area contributed by atoms with Crippen LogP contribution < -0.4 is 0 Å². The molecule has 0 aromatic carbocycles. The summed E-state index contributed by atoms with van der Waals surface area (Å²) in [6.45, 7) is 2.51. The van der Waals surface area contributed by atoms with Gasteiger partial charge in [0, 0.05) is 6.72 Å². The van der Waals surface area contributed by atoms with E-state index in [9.17, 15) is 8.42 Å². The van der Waals surface area contributed by atoms with Gasteiger partial charge in [-0.2, -0.15) is 0 Å². The molecule has 0 bridgehead atoms.